The van der Waals surface area contributed by atoms with E-state index in [1.165, 1.54) is 16.7 Å². The molecule has 2 aromatic carbocycles. The molecule has 1 saturated carbocycles. The average Bonchev–Trinajstić information content (AvgIpc) is 3.14. The third kappa shape index (κ3) is 2.94. The first-order chi connectivity index (χ1) is 11.0. The molecule has 0 radical (unpaired) electrons. The Balaban J connectivity index is 1.94. The first kappa shape index (κ1) is 16.6. The normalized spacial score (nSPS) is 23.1. The van der Waals surface area contributed by atoms with Crippen LogP contribution < -0.4 is 0 Å². The zero-order chi connectivity index (χ0) is 16.5. The molecule has 0 amide bonds. The standard InChI is InChI=1S/C20H21Cl2N/c1-3-18(17-12-8-5-9-13-17)19(15-20(19,21)22)23(2)14-16-10-6-4-7-11-16/h3-13H,14-15H2,1-2H3/b18-3+. The Labute approximate surface area is 148 Å². The molecule has 120 valence electrons. The molecule has 0 heterocycles. The number of hydrogen-bond donors (Lipinski definition) is 0. The van der Waals surface area contributed by atoms with Gasteiger partial charge in [-0.3, -0.25) is 4.90 Å². The van der Waals surface area contributed by atoms with Gasteiger partial charge in [-0.1, -0.05) is 89.9 Å². The van der Waals surface area contributed by atoms with Crippen molar-refractivity contribution in [3.05, 3.63) is 77.9 Å². The van der Waals surface area contributed by atoms with Crippen molar-refractivity contribution in [3.63, 3.8) is 0 Å². The molecule has 0 aliphatic heterocycles. The lowest BCUT2D eigenvalue weighted by Crippen LogP contribution is -2.39. The number of likely N-dealkylation sites (N-methyl/N-ethyl adjacent to an activating group) is 1. The van der Waals surface area contributed by atoms with Gasteiger partial charge >= 0.3 is 0 Å². The molecule has 0 N–H and O–H groups in total. The first-order valence-corrected chi connectivity index (χ1v) is 8.62. The Morgan fingerprint density at radius 2 is 1.57 bits per heavy atom. The molecule has 1 unspecified atom stereocenters. The molecule has 3 rings (SSSR count). The summed E-state index contributed by atoms with van der Waals surface area (Å²) < 4.78 is -0.756. The minimum absolute atomic E-state index is 0.345. The van der Waals surface area contributed by atoms with Crippen LogP contribution in [0.15, 0.2) is 66.7 Å². The topological polar surface area (TPSA) is 3.24 Å². The summed E-state index contributed by atoms with van der Waals surface area (Å²) in [5.74, 6) is 0. The third-order valence-corrected chi connectivity index (χ3v) is 5.58. The van der Waals surface area contributed by atoms with E-state index in [1.54, 1.807) is 0 Å². The highest BCUT2D eigenvalue weighted by Gasteiger charge is 2.70. The molecule has 0 spiro atoms. The van der Waals surface area contributed by atoms with Gasteiger partial charge in [-0.25, -0.2) is 0 Å². The van der Waals surface area contributed by atoms with Gasteiger partial charge in [0.05, 0.1) is 5.54 Å². The Hall–Kier alpha value is -1.28. The zero-order valence-corrected chi connectivity index (χ0v) is 15.0. The van der Waals surface area contributed by atoms with E-state index >= 15 is 0 Å². The smallest absolute Gasteiger partial charge is 0.143 e. The maximum atomic E-state index is 6.63. The van der Waals surface area contributed by atoms with E-state index in [-0.39, 0.29) is 5.54 Å². The second kappa shape index (κ2) is 6.32. The lowest BCUT2D eigenvalue weighted by atomic mass is 9.94. The van der Waals surface area contributed by atoms with Crippen molar-refractivity contribution in [2.75, 3.05) is 7.05 Å². The number of allylic oxidation sites excluding steroid dienone is 1. The lowest BCUT2D eigenvalue weighted by Gasteiger charge is -2.32. The molecular weight excluding hydrogens is 325 g/mol. The Kier molecular flexibility index (Phi) is 4.55. The third-order valence-electron chi connectivity index (χ3n) is 4.69. The molecular formula is C20H21Cl2N. The maximum Gasteiger partial charge on any atom is 0.143 e. The molecule has 3 heteroatoms. The van der Waals surface area contributed by atoms with Crippen molar-refractivity contribution in [2.24, 2.45) is 0 Å². The lowest BCUT2D eigenvalue weighted by molar-refractivity contribution is 0.261. The van der Waals surface area contributed by atoms with Crippen molar-refractivity contribution in [2.45, 2.75) is 29.8 Å². The highest BCUT2D eigenvalue weighted by molar-refractivity contribution is 6.53. The predicted molar refractivity (Wildman–Crippen MR) is 99.8 cm³/mol. The monoisotopic (exact) mass is 345 g/mol. The summed E-state index contributed by atoms with van der Waals surface area (Å²) in [4.78, 5) is 2.28. The minimum Gasteiger partial charge on any atom is -0.290 e. The van der Waals surface area contributed by atoms with Gasteiger partial charge in [0.15, 0.2) is 0 Å². The van der Waals surface area contributed by atoms with Gasteiger partial charge in [-0.2, -0.15) is 0 Å². The van der Waals surface area contributed by atoms with E-state index in [9.17, 15) is 0 Å². The van der Waals surface area contributed by atoms with Crippen LogP contribution in [0.4, 0.5) is 0 Å². The molecule has 1 aliphatic rings. The van der Waals surface area contributed by atoms with E-state index in [0.29, 0.717) is 0 Å². The van der Waals surface area contributed by atoms with Crippen LogP contribution in [-0.4, -0.2) is 21.8 Å². The van der Waals surface area contributed by atoms with Crippen LogP contribution in [0.5, 0.6) is 0 Å². The van der Waals surface area contributed by atoms with Crippen molar-refractivity contribution in [3.8, 4) is 0 Å². The summed E-state index contributed by atoms with van der Waals surface area (Å²) in [7, 11) is 2.10. The number of rotatable bonds is 5. The number of halogens is 2. The van der Waals surface area contributed by atoms with E-state index in [2.05, 4.69) is 73.5 Å². The second-order valence-corrected chi connectivity index (χ2v) is 7.64. The van der Waals surface area contributed by atoms with Crippen LogP contribution in [0.1, 0.15) is 24.5 Å². The Bertz CT molecular complexity index is 694. The molecule has 0 saturated heterocycles. The summed E-state index contributed by atoms with van der Waals surface area (Å²) >= 11 is 13.3. The van der Waals surface area contributed by atoms with Crippen molar-refractivity contribution in [1.29, 1.82) is 0 Å². The van der Waals surface area contributed by atoms with Crippen LogP contribution in [0, 0.1) is 0 Å². The fraction of sp³-hybridized carbons (Fsp3) is 0.300. The quantitative estimate of drug-likeness (QED) is 0.643. The van der Waals surface area contributed by atoms with E-state index in [0.717, 1.165) is 13.0 Å². The van der Waals surface area contributed by atoms with Gasteiger partial charge in [0.2, 0.25) is 0 Å². The molecule has 0 bridgehead atoms. The van der Waals surface area contributed by atoms with Gasteiger partial charge < -0.3 is 0 Å². The SMILES string of the molecule is C/C=C(\c1ccccc1)C1(N(C)Cc2ccccc2)CC1(Cl)Cl. The van der Waals surface area contributed by atoms with Crippen molar-refractivity contribution < 1.29 is 0 Å². The Morgan fingerprint density at radius 1 is 1.04 bits per heavy atom. The molecule has 1 fully saturated rings. The average molecular weight is 346 g/mol. The molecule has 23 heavy (non-hydrogen) atoms. The van der Waals surface area contributed by atoms with E-state index in [4.69, 9.17) is 23.2 Å². The van der Waals surface area contributed by atoms with Crippen LogP contribution in [-0.2, 0) is 6.54 Å². The van der Waals surface area contributed by atoms with Crippen molar-refractivity contribution in [1.82, 2.24) is 4.90 Å². The summed E-state index contributed by atoms with van der Waals surface area (Å²) in [5, 5.41) is 0. The number of benzene rings is 2. The van der Waals surface area contributed by atoms with Crippen LogP contribution in [0.25, 0.3) is 5.57 Å². The fourth-order valence-corrected chi connectivity index (χ4v) is 4.32. The number of hydrogen-bond acceptors (Lipinski definition) is 1. The largest absolute Gasteiger partial charge is 0.290 e. The molecule has 0 aromatic heterocycles. The van der Waals surface area contributed by atoms with Gasteiger partial charge in [0, 0.05) is 13.0 Å². The molecule has 1 atom stereocenters. The summed E-state index contributed by atoms with van der Waals surface area (Å²) in [6, 6.07) is 20.8. The maximum absolute atomic E-state index is 6.63. The van der Waals surface area contributed by atoms with Gasteiger partial charge in [-0.15, -0.1) is 0 Å². The second-order valence-electron chi connectivity index (χ2n) is 6.15. The highest BCUT2D eigenvalue weighted by Crippen LogP contribution is 2.65. The van der Waals surface area contributed by atoms with Crippen LogP contribution >= 0.6 is 23.2 Å². The van der Waals surface area contributed by atoms with Gasteiger partial charge in [0.25, 0.3) is 0 Å². The minimum atomic E-state index is -0.756. The molecule has 2 aromatic rings. The summed E-state index contributed by atoms with van der Waals surface area (Å²) in [6.07, 6.45) is 2.88. The van der Waals surface area contributed by atoms with E-state index < -0.39 is 4.33 Å². The first-order valence-electron chi connectivity index (χ1n) is 7.86. The fourth-order valence-electron chi connectivity index (χ4n) is 3.44. The van der Waals surface area contributed by atoms with E-state index in [1.807, 2.05) is 12.1 Å². The van der Waals surface area contributed by atoms with Crippen LogP contribution in [0.2, 0.25) is 0 Å². The highest BCUT2D eigenvalue weighted by atomic mass is 35.5. The zero-order valence-electron chi connectivity index (χ0n) is 13.5. The van der Waals surface area contributed by atoms with Gasteiger partial charge in [-0.05, 0) is 30.7 Å². The van der Waals surface area contributed by atoms with Crippen molar-refractivity contribution >= 4 is 28.8 Å². The van der Waals surface area contributed by atoms with Crippen LogP contribution in [0.3, 0.4) is 0 Å². The predicted octanol–water partition coefficient (Wildman–Crippen LogP) is 5.54. The number of nitrogens with zero attached hydrogens (tertiary/aromatic N) is 1. The van der Waals surface area contributed by atoms with Gasteiger partial charge in [0.1, 0.15) is 4.33 Å². The summed E-state index contributed by atoms with van der Waals surface area (Å²) in [6.45, 7) is 2.87. The molecule has 1 aliphatic carbocycles. The Morgan fingerprint density at radius 3 is 2.04 bits per heavy atom. The number of alkyl halides is 2. The summed E-state index contributed by atoms with van der Waals surface area (Å²) in [5.41, 5.74) is 3.29. The molecule has 1 nitrogen and oxygen atoms in total.